The molecule has 0 bridgehead atoms. The molecule has 2 aromatic rings. The summed E-state index contributed by atoms with van der Waals surface area (Å²) in [5.74, 6) is -0.692. The minimum absolute atomic E-state index is 0.120. The van der Waals surface area contributed by atoms with Crippen LogP contribution in [0.25, 0.3) is 0 Å². The lowest BCUT2D eigenvalue weighted by Crippen LogP contribution is -2.28. The summed E-state index contributed by atoms with van der Waals surface area (Å²) in [6, 6.07) is 15.8. The number of hydroxylamine groups is 1. The van der Waals surface area contributed by atoms with E-state index in [0.717, 1.165) is 18.4 Å². The van der Waals surface area contributed by atoms with E-state index in [4.69, 9.17) is 5.21 Å². The van der Waals surface area contributed by atoms with Crippen LogP contribution in [0.2, 0.25) is 0 Å². The second-order valence-electron chi connectivity index (χ2n) is 5.55. The van der Waals surface area contributed by atoms with Crippen LogP contribution in [0.1, 0.15) is 39.1 Å². The number of hydrogen-bond acceptors (Lipinski definition) is 4. The summed E-state index contributed by atoms with van der Waals surface area (Å²) in [5, 5.41) is 14.5. The molecule has 0 aliphatic heterocycles. The predicted molar refractivity (Wildman–Crippen MR) is 88.9 cm³/mol. The molecule has 3 rings (SSSR count). The number of nitrogens with one attached hydrogen (secondary N) is 1. The SMILES string of the molecule is O=C(NO)c1ccc(/C=N/N(C(=O)c2ccccc2)C2CC2)cc1. The molecule has 122 valence electrons. The first-order chi connectivity index (χ1) is 11.7. The zero-order valence-corrected chi connectivity index (χ0v) is 12.9. The number of benzene rings is 2. The summed E-state index contributed by atoms with van der Waals surface area (Å²) in [6.45, 7) is 0. The van der Waals surface area contributed by atoms with E-state index in [9.17, 15) is 9.59 Å². The van der Waals surface area contributed by atoms with Crippen molar-refractivity contribution in [3.63, 3.8) is 0 Å². The van der Waals surface area contributed by atoms with Crippen LogP contribution < -0.4 is 5.48 Å². The van der Waals surface area contributed by atoms with Crippen LogP contribution in [0.5, 0.6) is 0 Å². The molecule has 1 saturated carbocycles. The highest BCUT2D eigenvalue weighted by molar-refractivity contribution is 5.96. The van der Waals surface area contributed by atoms with E-state index in [1.54, 1.807) is 48.1 Å². The van der Waals surface area contributed by atoms with E-state index in [0.29, 0.717) is 11.1 Å². The Kier molecular flexibility index (Phi) is 4.67. The van der Waals surface area contributed by atoms with Gasteiger partial charge in [0.2, 0.25) is 0 Å². The van der Waals surface area contributed by atoms with Gasteiger partial charge in [0.15, 0.2) is 0 Å². The average Bonchev–Trinajstić information content (AvgIpc) is 3.47. The maximum absolute atomic E-state index is 12.6. The third kappa shape index (κ3) is 3.67. The Morgan fingerprint density at radius 1 is 1.04 bits per heavy atom. The van der Waals surface area contributed by atoms with Crippen LogP contribution in [0.3, 0.4) is 0 Å². The average molecular weight is 323 g/mol. The molecule has 6 heteroatoms. The van der Waals surface area contributed by atoms with Crippen LogP contribution in [0.4, 0.5) is 0 Å². The molecule has 24 heavy (non-hydrogen) atoms. The monoisotopic (exact) mass is 323 g/mol. The molecule has 1 aliphatic carbocycles. The lowest BCUT2D eigenvalue weighted by molar-refractivity contribution is 0.0705. The van der Waals surface area contributed by atoms with Gasteiger partial charge >= 0.3 is 0 Å². The third-order valence-electron chi connectivity index (χ3n) is 3.73. The molecular formula is C18H17N3O3. The van der Waals surface area contributed by atoms with Crippen molar-refractivity contribution in [1.29, 1.82) is 0 Å². The fourth-order valence-corrected chi connectivity index (χ4v) is 2.26. The van der Waals surface area contributed by atoms with Crippen LogP contribution in [0.15, 0.2) is 59.7 Å². The minimum atomic E-state index is -0.572. The normalized spacial score (nSPS) is 13.7. The lowest BCUT2D eigenvalue weighted by Gasteiger charge is -2.16. The van der Waals surface area contributed by atoms with Gasteiger partial charge in [0.1, 0.15) is 0 Å². The highest BCUT2D eigenvalue weighted by Gasteiger charge is 2.33. The van der Waals surface area contributed by atoms with Crippen molar-refractivity contribution >= 4 is 18.0 Å². The van der Waals surface area contributed by atoms with Gasteiger partial charge in [-0.05, 0) is 42.7 Å². The molecule has 2 N–H and O–H groups in total. The maximum Gasteiger partial charge on any atom is 0.274 e. The zero-order chi connectivity index (χ0) is 16.9. The van der Waals surface area contributed by atoms with E-state index in [2.05, 4.69) is 5.10 Å². The van der Waals surface area contributed by atoms with E-state index in [1.807, 2.05) is 18.2 Å². The second-order valence-corrected chi connectivity index (χ2v) is 5.55. The molecule has 2 amide bonds. The number of hydrogen-bond donors (Lipinski definition) is 2. The number of amides is 2. The quantitative estimate of drug-likeness (QED) is 0.504. The third-order valence-corrected chi connectivity index (χ3v) is 3.73. The highest BCUT2D eigenvalue weighted by Crippen LogP contribution is 2.28. The largest absolute Gasteiger partial charge is 0.288 e. The van der Waals surface area contributed by atoms with E-state index >= 15 is 0 Å². The molecule has 6 nitrogen and oxygen atoms in total. The number of carbonyl (C=O) groups excluding carboxylic acids is 2. The lowest BCUT2D eigenvalue weighted by atomic mass is 10.1. The molecule has 0 unspecified atom stereocenters. The first-order valence-electron chi connectivity index (χ1n) is 7.66. The molecule has 0 saturated heterocycles. The first kappa shape index (κ1) is 15.9. The van der Waals surface area contributed by atoms with E-state index in [1.165, 1.54) is 5.01 Å². The molecule has 0 aromatic heterocycles. The summed E-state index contributed by atoms with van der Waals surface area (Å²) in [5.41, 5.74) is 3.29. The molecule has 1 fully saturated rings. The number of rotatable bonds is 5. The van der Waals surface area contributed by atoms with Crippen molar-refractivity contribution in [3.8, 4) is 0 Å². The number of hydrazone groups is 1. The van der Waals surface area contributed by atoms with Crippen molar-refractivity contribution in [2.75, 3.05) is 0 Å². The number of nitrogens with zero attached hydrogens (tertiary/aromatic N) is 2. The predicted octanol–water partition coefficient (Wildman–Crippen LogP) is 2.44. The van der Waals surface area contributed by atoms with Gasteiger partial charge in [0, 0.05) is 11.1 Å². The van der Waals surface area contributed by atoms with Crippen LogP contribution >= 0.6 is 0 Å². The summed E-state index contributed by atoms with van der Waals surface area (Å²) in [4.78, 5) is 23.8. The van der Waals surface area contributed by atoms with Gasteiger partial charge < -0.3 is 0 Å². The Morgan fingerprint density at radius 2 is 1.71 bits per heavy atom. The fraction of sp³-hybridized carbons (Fsp3) is 0.167. The van der Waals surface area contributed by atoms with E-state index < -0.39 is 5.91 Å². The molecule has 0 atom stereocenters. The van der Waals surface area contributed by atoms with Crippen molar-refractivity contribution < 1.29 is 14.8 Å². The van der Waals surface area contributed by atoms with Crippen molar-refractivity contribution in [1.82, 2.24) is 10.5 Å². The van der Waals surface area contributed by atoms with Gasteiger partial charge in [-0.3, -0.25) is 14.8 Å². The Balaban J connectivity index is 1.75. The molecule has 0 radical (unpaired) electrons. The van der Waals surface area contributed by atoms with Crippen LogP contribution in [-0.4, -0.2) is 34.3 Å². The Labute approximate surface area is 139 Å². The van der Waals surface area contributed by atoms with Gasteiger partial charge in [-0.1, -0.05) is 30.3 Å². The molecule has 0 heterocycles. The van der Waals surface area contributed by atoms with Crippen LogP contribution in [-0.2, 0) is 0 Å². The maximum atomic E-state index is 12.6. The van der Waals surface area contributed by atoms with Gasteiger partial charge in [-0.2, -0.15) is 5.10 Å². The van der Waals surface area contributed by atoms with Crippen molar-refractivity contribution in [2.24, 2.45) is 5.10 Å². The van der Waals surface area contributed by atoms with Gasteiger partial charge in [0.05, 0.1) is 12.3 Å². The smallest absolute Gasteiger partial charge is 0.274 e. The minimum Gasteiger partial charge on any atom is -0.288 e. The van der Waals surface area contributed by atoms with E-state index in [-0.39, 0.29) is 11.9 Å². The zero-order valence-electron chi connectivity index (χ0n) is 12.9. The summed E-state index contributed by atoms with van der Waals surface area (Å²) >= 11 is 0. The first-order valence-corrected chi connectivity index (χ1v) is 7.66. The van der Waals surface area contributed by atoms with Crippen molar-refractivity contribution in [2.45, 2.75) is 18.9 Å². The Hall–Kier alpha value is -2.99. The van der Waals surface area contributed by atoms with Crippen molar-refractivity contribution in [3.05, 3.63) is 71.3 Å². The Bertz CT molecular complexity index is 753. The van der Waals surface area contributed by atoms with Gasteiger partial charge in [-0.25, -0.2) is 10.5 Å². The number of carbonyl (C=O) groups is 2. The topological polar surface area (TPSA) is 82.0 Å². The highest BCUT2D eigenvalue weighted by atomic mass is 16.5. The second kappa shape index (κ2) is 7.06. The molecular weight excluding hydrogens is 306 g/mol. The Morgan fingerprint density at radius 3 is 2.29 bits per heavy atom. The fourth-order valence-electron chi connectivity index (χ4n) is 2.26. The summed E-state index contributed by atoms with van der Waals surface area (Å²) < 4.78 is 0. The summed E-state index contributed by atoms with van der Waals surface area (Å²) in [7, 11) is 0. The summed E-state index contributed by atoms with van der Waals surface area (Å²) in [6.07, 6.45) is 3.50. The van der Waals surface area contributed by atoms with Gasteiger partial charge in [-0.15, -0.1) is 0 Å². The molecule has 1 aliphatic rings. The van der Waals surface area contributed by atoms with Crippen LogP contribution in [0, 0.1) is 0 Å². The standard InChI is InChI=1S/C18H17N3O3/c22-17(20-24)14-8-6-13(7-9-14)12-19-21(16-10-11-16)18(23)15-4-2-1-3-5-15/h1-9,12,16,24H,10-11H2,(H,20,22)/b19-12+. The molecule has 0 spiro atoms. The van der Waals surface area contributed by atoms with Gasteiger partial charge in [0.25, 0.3) is 11.8 Å². The molecule has 2 aromatic carbocycles.